The van der Waals surface area contributed by atoms with Crippen LogP contribution in [0.3, 0.4) is 0 Å². The van der Waals surface area contributed by atoms with Gasteiger partial charge < -0.3 is 9.88 Å². The molecule has 1 fully saturated rings. The molecule has 1 aliphatic carbocycles. The highest BCUT2D eigenvalue weighted by Crippen LogP contribution is 2.44. The molecule has 0 bridgehead atoms. The number of carbonyl (C=O) groups excluding carboxylic acids is 1. The lowest BCUT2D eigenvalue weighted by Crippen LogP contribution is -2.26. The van der Waals surface area contributed by atoms with Crippen LogP contribution in [0.25, 0.3) is 0 Å². The summed E-state index contributed by atoms with van der Waals surface area (Å²) in [4.78, 5) is 19.0. The number of nitrogens with zero attached hydrogens (tertiary/aromatic N) is 2. The highest BCUT2D eigenvalue weighted by atomic mass is 19.1. The van der Waals surface area contributed by atoms with Gasteiger partial charge in [0.05, 0.1) is 0 Å². The van der Waals surface area contributed by atoms with Crippen LogP contribution in [0.15, 0.2) is 36.4 Å². The number of aromatic amines is 1. The Labute approximate surface area is 142 Å². The number of halogens is 1. The van der Waals surface area contributed by atoms with E-state index in [2.05, 4.69) is 16.9 Å². The minimum Gasteiger partial charge on any atom is -0.353 e. The van der Waals surface area contributed by atoms with Gasteiger partial charge in [-0.15, -0.1) is 0 Å². The Balaban J connectivity index is 1.73. The number of nitrogens with one attached hydrogen (secondary N) is 1. The molecule has 2 aromatic rings. The standard InChI is InChI=1S/C19H24FN3O/c1-22(2)19(24)17-11-10-16(21-17)12-23(3)18(13-4-5-13)14-6-8-15(20)9-7-14/h6-11,13,18,21H,4-5,12H2,1-3H3/t18-/m1/s1. The Kier molecular flexibility index (Phi) is 4.71. The molecular formula is C19H24FN3O. The zero-order chi connectivity index (χ0) is 17.3. The van der Waals surface area contributed by atoms with Crippen molar-refractivity contribution in [1.82, 2.24) is 14.8 Å². The number of amides is 1. The van der Waals surface area contributed by atoms with E-state index in [1.54, 1.807) is 19.0 Å². The summed E-state index contributed by atoms with van der Waals surface area (Å²) in [6, 6.07) is 10.9. The summed E-state index contributed by atoms with van der Waals surface area (Å²) in [6.07, 6.45) is 2.42. The predicted molar refractivity (Wildman–Crippen MR) is 92.1 cm³/mol. The van der Waals surface area contributed by atoms with Crippen LogP contribution < -0.4 is 0 Å². The second kappa shape index (κ2) is 6.77. The van der Waals surface area contributed by atoms with Gasteiger partial charge in [0.1, 0.15) is 11.5 Å². The quantitative estimate of drug-likeness (QED) is 0.882. The van der Waals surface area contributed by atoms with Crippen molar-refractivity contribution in [3.63, 3.8) is 0 Å². The van der Waals surface area contributed by atoms with E-state index < -0.39 is 0 Å². The van der Waals surface area contributed by atoms with Crippen LogP contribution in [-0.4, -0.2) is 41.8 Å². The van der Waals surface area contributed by atoms with Crippen LogP contribution in [-0.2, 0) is 6.54 Å². The summed E-state index contributed by atoms with van der Waals surface area (Å²) in [6.45, 7) is 0.721. The maximum absolute atomic E-state index is 13.2. The molecule has 1 aromatic carbocycles. The van der Waals surface area contributed by atoms with Crippen molar-refractivity contribution in [2.75, 3.05) is 21.1 Å². The molecule has 0 unspecified atom stereocenters. The maximum Gasteiger partial charge on any atom is 0.269 e. The molecule has 0 spiro atoms. The van der Waals surface area contributed by atoms with Crippen LogP contribution in [0.2, 0.25) is 0 Å². The normalized spacial score (nSPS) is 15.5. The lowest BCUT2D eigenvalue weighted by Gasteiger charge is -2.28. The third-order valence-electron chi connectivity index (χ3n) is 4.56. The van der Waals surface area contributed by atoms with E-state index in [1.165, 1.54) is 25.0 Å². The lowest BCUT2D eigenvalue weighted by atomic mass is 10.0. The van der Waals surface area contributed by atoms with E-state index in [0.29, 0.717) is 11.6 Å². The van der Waals surface area contributed by atoms with E-state index in [1.807, 2.05) is 24.3 Å². The third-order valence-corrected chi connectivity index (χ3v) is 4.56. The average molecular weight is 329 g/mol. The fraction of sp³-hybridized carbons (Fsp3) is 0.421. The number of hydrogen-bond donors (Lipinski definition) is 1. The molecule has 1 amide bonds. The van der Waals surface area contributed by atoms with Gasteiger partial charge in [0, 0.05) is 32.4 Å². The molecular weight excluding hydrogens is 305 g/mol. The first-order valence-electron chi connectivity index (χ1n) is 8.31. The Hall–Kier alpha value is -2.14. The number of benzene rings is 1. The topological polar surface area (TPSA) is 39.3 Å². The second-order valence-electron chi connectivity index (χ2n) is 6.85. The lowest BCUT2D eigenvalue weighted by molar-refractivity contribution is 0.0822. The SMILES string of the molecule is CN(C)C(=O)c1ccc(CN(C)[C@@H](c2ccc(F)cc2)C2CC2)[nH]1. The summed E-state index contributed by atoms with van der Waals surface area (Å²) in [5.74, 6) is 0.395. The van der Waals surface area contributed by atoms with Gasteiger partial charge in [0.15, 0.2) is 0 Å². The number of H-pyrrole nitrogens is 1. The molecule has 24 heavy (non-hydrogen) atoms. The van der Waals surface area contributed by atoms with E-state index in [0.717, 1.165) is 17.8 Å². The fourth-order valence-corrected chi connectivity index (χ4v) is 3.22. The van der Waals surface area contributed by atoms with E-state index in [4.69, 9.17) is 0 Å². The molecule has 1 saturated carbocycles. The average Bonchev–Trinajstić information content (AvgIpc) is 3.27. The summed E-state index contributed by atoms with van der Waals surface area (Å²) in [7, 11) is 5.57. The molecule has 0 saturated heterocycles. The molecule has 4 nitrogen and oxygen atoms in total. The number of rotatable bonds is 6. The molecule has 1 aromatic heterocycles. The molecule has 0 aliphatic heterocycles. The van der Waals surface area contributed by atoms with Gasteiger partial charge in [0.2, 0.25) is 0 Å². The monoisotopic (exact) mass is 329 g/mol. The summed E-state index contributed by atoms with van der Waals surface area (Å²) >= 11 is 0. The summed E-state index contributed by atoms with van der Waals surface area (Å²) < 4.78 is 13.2. The molecule has 1 heterocycles. The first kappa shape index (κ1) is 16.7. The van der Waals surface area contributed by atoms with Crippen LogP contribution in [0.1, 0.15) is 40.6 Å². The fourth-order valence-electron chi connectivity index (χ4n) is 3.22. The van der Waals surface area contributed by atoms with Crippen LogP contribution in [0.5, 0.6) is 0 Å². The smallest absolute Gasteiger partial charge is 0.269 e. The van der Waals surface area contributed by atoms with Gasteiger partial charge in [-0.3, -0.25) is 9.69 Å². The highest BCUT2D eigenvalue weighted by Gasteiger charge is 2.35. The molecule has 3 rings (SSSR count). The van der Waals surface area contributed by atoms with Gasteiger partial charge in [-0.05, 0) is 55.6 Å². The zero-order valence-electron chi connectivity index (χ0n) is 14.4. The Morgan fingerprint density at radius 1 is 1.17 bits per heavy atom. The molecule has 1 aliphatic rings. The van der Waals surface area contributed by atoms with Gasteiger partial charge in [0.25, 0.3) is 5.91 Å². The van der Waals surface area contributed by atoms with E-state index in [-0.39, 0.29) is 17.8 Å². The van der Waals surface area contributed by atoms with Crippen molar-refractivity contribution < 1.29 is 9.18 Å². The van der Waals surface area contributed by atoms with Gasteiger partial charge in [-0.25, -0.2) is 4.39 Å². The minimum absolute atomic E-state index is 0.0267. The Morgan fingerprint density at radius 2 is 1.83 bits per heavy atom. The van der Waals surface area contributed by atoms with Gasteiger partial charge in [-0.2, -0.15) is 0 Å². The van der Waals surface area contributed by atoms with Crippen LogP contribution in [0.4, 0.5) is 4.39 Å². The Bertz CT molecular complexity index is 704. The Morgan fingerprint density at radius 3 is 2.42 bits per heavy atom. The number of carbonyl (C=O) groups is 1. The zero-order valence-corrected chi connectivity index (χ0v) is 14.4. The first-order chi connectivity index (χ1) is 11.5. The van der Waals surface area contributed by atoms with Crippen molar-refractivity contribution in [2.24, 2.45) is 5.92 Å². The third kappa shape index (κ3) is 3.67. The van der Waals surface area contributed by atoms with Crippen molar-refractivity contribution in [3.8, 4) is 0 Å². The van der Waals surface area contributed by atoms with Crippen molar-refractivity contribution in [3.05, 3.63) is 59.2 Å². The number of hydrogen-bond acceptors (Lipinski definition) is 2. The molecule has 128 valence electrons. The molecule has 5 heteroatoms. The van der Waals surface area contributed by atoms with Crippen molar-refractivity contribution in [2.45, 2.75) is 25.4 Å². The number of aromatic nitrogens is 1. The summed E-state index contributed by atoms with van der Waals surface area (Å²) in [5, 5.41) is 0. The predicted octanol–water partition coefficient (Wildman–Crippen LogP) is 3.44. The van der Waals surface area contributed by atoms with E-state index in [9.17, 15) is 9.18 Å². The van der Waals surface area contributed by atoms with E-state index >= 15 is 0 Å². The van der Waals surface area contributed by atoms with Crippen molar-refractivity contribution >= 4 is 5.91 Å². The van der Waals surface area contributed by atoms with Crippen LogP contribution in [0, 0.1) is 11.7 Å². The second-order valence-corrected chi connectivity index (χ2v) is 6.85. The maximum atomic E-state index is 13.2. The largest absolute Gasteiger partial charge is 0.353 e. The van der Waals surface area contributed by atoms with Crippen molar-refractivity contribution in [1.29, 1.82) is 0 Å². The summed E-state index contributed by atoms with van der Waals surface area (Å²) in [5.41, 5.74) is 2.76. The molecule has 1 N–H and O–H groups in total. The molecule has 1 atom stereocenters. The van der Waals surface area contributed by atoms with Gasteiger partial charge >= 0.3 is 0 Å². The molecule has 0 radical (unpaired) electrons. The first-order valence-corrected chi connectivity index (χ1v) is 8.31. The van der Waals surface area contributed by atoms with Gasteiger partial charge in [-0.1, -0.05) is 12.1 Å². The minimum atomic E-state index is -0.202. The van der Waals surface area contributed by atoms with Crippen LogP contribution >= 0.6 is 0 Å². The highest BCUT2D eigenvalue weighted by molar-refractivity contribution is 5.92.